The number of para-hydroxylation sites is 1. The molecular formula is C27H25N3O4. The zero-order valence-corrected chi connectivity index (χ0v) is 19.0. The molecule has 0 bridgehead atoms. The molecule has 0 atom stereocenters. The van der Waals surface area contributed by atoms with E-state index in [1.807, 2.05) is 67.6 Å². The Morgan fingerprint density at radius 3 is 2.50 bits per heavy atom. The number of hydrogen-bond acceptors (Lipinski definition) is 5. The average molecular weight is 456 g/mol. The number of carbonyl (C=O) groups is 2. The van der Waals surface area contributed by atoms with Crippen molar-refractivity contribution in [1.82, 2.24) is 9.78 Å². The zero-order chi connectivity index (χ0) is 23.9. The third-order valence-corrected chi connectivity index (χ3v) is 5.00. The lowest BCUT2D eigenvalue weighted by atomic mass is 10.1. The van der Waals surface area contributed by atoms with E-state index in [1.165, 1.54) is 0 Å². The molecule has 172 valence electrons. The summed E-state index contributed by atoms with van der Waals surface area (Å²) in [5.41, 5.74) is 4.18. The fourth-order valence-electron chi connectivity index (χ4n) is 3.47. The number of aryl methyl sites for hydroxylation is 1. The Kier molecular flexibility index (Phi) is 7.03. The Bertz CT molecular complexity index is 1300. The van der Waals surface area contributed by atoms with Gasteiger partial charge in [0.25, 0.3) is 5.91 Å². The summed E-state index contributed by atoms with van der Waals surface area (Å²) in [4.78, 5) is 24.8. The first-order chi connectivity index (χ1) is 16.5. The molecule has 0 aliphatic rings. The van der Waals surface area contributed by atoms with E-state index >= 15 is 0 Å². The summed E-state index contributed by atoms with van der Waals surface area (Å²) >= 11 is 0. The first-order valence-corrected chi connectivity index (χ1v) is 11.0. The quantitative estimate of drug-likeness (QED) is 0.376. The number of esters is 1. The van der Waals surface area contributed by atoms with Crippen molar-refractivity contribution in [3.63, 3.8) is 0 Å². The van der Waals surface area contributed by atoms with Crippen LogP contribution in [-0.4, -0.2) is 34.9 Å². The van der Waals surface area contributed by atoms with Crippen LogP contribution in [-0.2, 0) is 9.53 Å². The maximum atomic E-state index is 12.4. The van der Waals surface area contributed by atoms with Crippen LogP contribution in [0, 0.1) is 6.92 Å². The minimum absolute atomic E-state index is 0.109. The Morgan fingerprint density at radius 2 is 1.74 bits per heavy atom. The number of rotatable bonds is 8. The maximum Gasteiger partial charge on any atom is 0.358 e. The highest BCUT2D eigenvalue weighted by molar-refractivity contribution is 5.93. The highest BCUT2D eigenvalue weighted by Crippen LogP contribution is 2.27. The number of benzene rings is 3. The predicted octanol–water partition coefficient (Wildman–Crippen LogP) is 5.04. The van der Waals surface area contributed by atoms with Crippen molar-refractivity contribution in [2.24, 2.45) is 0 Å². The largest absolute Gasteiger partial charge is 0.484 e. The molecule has 3 aromatic carbocycles. The molecule has 0 unspecified atom stereocenters. The highest BCUT2D eigenvalue weighted by atomic mass is 16.5. The van der Waals surface area contributed by atoms with Crippen molar-refractivity contribution < 1.29 is 19.1 Å². The summed E-state index contributed by atoms with van der Waals surface area (Å²) in [7, 11) is 0. The van der Waals surface area contributed by atoms with Gasteiger partial charge in [0, 0.05) is 11.3 Å². The number of carbonyl (C=O) groups excluding carboxylic acids is 2. The van der Waals surface area contributed by atoms with Crippen molar-refractivity contribution >= 4 is 17.6 Å². The van der Waals surface area contributed by atoms with Crippen LogP contribution in [0.25, 0.3) is 16.9 Å². The molecule has 1 heterocycles. The molecule has 34 heavy (non-hydrogen) atoms. The second-order valence-electron chi connectivity index (χ2n) is 7.62. The predicted molar refractivity (Wildman–Crippen MR) is 130 cm³/mol. The van der Waals surface area contributed by atoms with Gasteiger partial charge in [-0.25, -0.2) is 9.48 Å². The number of nitrogens with zero attached hydrogens (tertiary/aromatic N) is 2. The van der Waals surface area contributed by atoms with E-state index in [0.29, 0.717) is 17.1 Å². The molecule has 0 saturated carbocycles. The summed E-state index contributed by atoms with van der Waals surface area (Å²) in [5, 5.41) is 7.36. The second-order valence-corrected chi connectivity index (χ2v) is 7.62. The molecule has 0 aliphatic heterocycles. The van der Waals surface area contributed by atoms with Crippen molar-refractivity contribution in [1.29, 1.82) is 0 Å². The monoisotopic (exact) mass is 455 g/mol. The van der Waals surface area contributed by atoms with Gasteiger partial charge in [-0.15, -0.1) is 0 Å². The Morgan fingerprint density at radius 1 is 0.941 bits per heavy atom. The van der Waals surface area contributed by atoms with Gasteiger partial charge in [-0.2, -0.15) is 5.10 Å². The number of aromatic nitrogens is 2. The standard InChI is InChI=1S/C27H25N3O4/c1-3-33-27(32)24-17-25(30(29-24)22-12-7-9-19(2)15-22)20-10-8-11-21(16-20)28-26(31)18-34-23-13-5-4-6-14-23/h4-17H,3,18H2,1-2H3,(H,28,31). The normalized spacial score (nSPS) is 10.5. The first kappa shape index (κ1) is 22.8. The molecule has 1 N–H and O–H groups in total. The second kappa shape index (κ2) is 10.5. The van der Waals surface area contributed by atoms with E-state index in [-0.39, 0.29) is 24.8 Å². The van der Waals surface area contributed by atoms with Gasteiger partial charge in [0.15, 0.2) is 12.3 Å². The van der Waals surface area contributed by atoms with Crippen LogP contribution in [0.1, 0.15) is 23.0 Å². The molecular weight excluding hydrogens is 430 g/mol. The van der Waals surface area contributed by atoms with Gasteiger partial charge < -0.3 is 14.8 Å². The van der Waals surface area contributed by atoms with Crippen LogP contribution in [0.15, 0.2) is 84.9 Å². The van der Waals surface area contributed by atoms with E-state index < -0.39 is 5.97 Å². The van der Waals surface area contributed by atoms with Crippen LogP contribution in [0.5, 0.6) is 5.75 Å². The number of anilines is 1. The Balaban J connectivity index is 1.60. The van der Waals surface area contributed by atoms with Gasteiger partial charge in [0.05, 0.1) is 18.0 Å². The molecule has 7 nitrogen and oxygen atoms in total. The molecule has 1 amide bonds. The van der Waals surface area contributed by atoms with Gasteiger partial charge >= 0.3 is 5.97 Å². The number of nitrogens with one attached hydrogen (secondary N) is 1. The summed E-state index contributed by atoms with van der Waals surface area (Å²) in [6.07, 6.45) is 0. The molecule has 0 aliphatic carbocycles. The SMILES string of the molecule is CCOC(=O)c1cc(-c2cccc(NC(=O)COc3ccccc3)c2)n(-c2cccc(C)c2)n1. The van der Waals surface area contributed by atoms with E-state index in [2.05, 4.69) is 10.4 Å². The molecule has 0 spiro atoms. The molecule has 4 rings (SSSR count). The number of hydrogen-bond donors (Lipinski definition) is 1. The number of amides is 1. The lowest BCUT2D eigenvalue weighted by molar-refractivity contribution is -0.118. The third kappa shape index (κ3) is 5.50. The van der Waals surface area contributed by atoms with Crippen LogP contribution in [0.4, 0.5) is 5.69 Å². The Labute approximate surface area is 197 Å². The van der Waals surface area contributed by atoms with Crippen molar-refractivity contribution in [3.8, 4) is 22.7 Å². The van der Waals surface area contributed by atoms with Gasteiger partial charge in [0.1, 0.15) is 5.75 Å². The topological polar surface area (TPSA) is 82.5 Å². The zero-order valence-electron chi connectivity index (χ0n) is 19.0. The fraction of sp³-hybridized carbons (Fsp3) is 0.148. The van der Waals surface area contributed by atoms with E-state index in [4.69, 9.17) is 9.47 Å². The van der Waals surface area contributed by atoms with Crippen LogP contribution in [0.3, 0.4) is 0 Å². The minimum atomic E-state index is -0.488. The minimum Gasteiger partial charge on any atom is -0.484 e. The first-order valence-electron chi connectivity index (χ1n) is 11.0. The summed E-state index contributed by atoms with van der Waals surface area (Å²) in [6, 6.07) is 26.0. The third-order valence-electron chi connectivity index (χ3n) is 5.00. The Hall–Kier alpha value is -4.39. The smallest absolute Gasteiger partial charge is 0.358 e. The van der Waals surface area contributed by atoms with Crippen LogP contribution < -0.4 is 10.1 Å². The van der Waals surface area contributed by atoms with Gasteiger partial charge in [-0.1, -0.05) is 42.5 Å². The number of ether oxygens (including phenoxy) is 2. The van der Waals surface area contributed by atoms with Crippen LogP contribution >= 0.6 is 0 Å². The van der Waals surface area contributed by atoms with Gasteiger partial charge in [-0.3, -0.25) is 4.79 Å². The van der Waals surface area contributed by atoms with Crippen LogP contribution in [0.2, 0.25) is 0 Å². The molecule has 7 heteroatoms. The summed E-state index contributed by atoms with van der Waals surface area (Å²) in [5.74, 6) is -0.141. The molecule has 1 aromatic heterocycles. The summed E-state index contributed by atoms with van der Waals surface area (Å²) < 4.78 is 12.4. The molecule has 0 fully saturated rings. The van der Waals surface area contributed by atoms with Crippen molar-refractivity contribution in [3.05, 3.63) is 96.2 Å². The van der Waals surface area contributed by atoms with Crippen molar-refractivity contribution in [2.45, 2.75) is 13.8 Å². The van der Waals surface area contributed by atoms with Gasteiger partial charge in [-0.05, 0) is 61.9 Å². The summed E-state index contributed by atoms with van der Waals surface area (Å²) in [6.45, 7) is 3.90. The van der Waals surface area contributed by atoms with E-state index in [1.54, 1.807) is 35.9 Å². The van der Waals surface area contributed by atoms with Gasteiger partial charge in [0.2, 0.25) is 0 Å². The molecule has 0 radical (unpaired) electrons. The van der Waals surface area contributed by atoms with Crippen molar-refractivity contribution in [2.75, 3.05) is 18.5 Å². The lowest BCUT2D eigenvalue weighted by Gasteiger charge is -2.11. The van der Waals surface area contributed by atoms with E-state index in [9.17, 15) is 9.59 Å². The molecule has 4 aromatic rings. The average Bonchev–Trinajstić information content (AvgIpc) is 3.30. The highest BCUT2D eigenvalue weighted by Gasteiger charge is 2.18. The maximum absolute atomic E-state index is 12.4. The van der Waals surface area contributed by atoms with E-state index in [0.717, 1.165) is 16.8 Å². The lowest BCUT2D eigenvalue weighted by Crippen LogP contribution is -2.20. The fourth-order valence-corrected chi connectivity index (χ4v) is 3.47. The molecule has 0 saturated heterocycles.